The molecule has 0 aromatic rings. The molecule has 0 aromatic carbocycles. The van der Waals surface area contributed by atoms with Gasteiger partial charge in [0.15, 0.2) is 0 Å². The summed E-state index contributed by atoms with van der Waals surface area (Å²) in [5.41, 5.74) is 3.22. The van der Waals surface area contributed by atoms with Crippen LogP contribution in [0.15, 0.2) is 24.3 Å². The fraction of sp³-hybridized carbons (Fsp3) is 0.538. The SMILES string of the molecule is CC/C=C\C[C@H](O)/C=C/C#C[Si](C)(C)C. The molecule has 15 heavy (non-hydrogen) atoms. The van der Waals surface area contributed by atoms with E-state index in [4.69, 9.17) is 0 Å². The summed E-state index contributed by atoms with van der Waals surface area (Å²) < 4.78 is 0. The lowest BCUT2D eigenvalue weighted by molar-refractivity contribution is 0.227. The van der Waals surface area contributed by atoms with Gasteiger partial charge < -0.3 is 5.11 Å². The maximum Gasteiger partial charge on any atom is 0.129 e. The average Bonchev–Trinajstić information content (AvgIpc) is 2.11. The maximum absolute atomic E-state index is 9.51. The van der Waals surface area contributed by atoms with E-state index in [9.17, 15) is 5.11 Å². The zero-order chi connectivity index (χ0) is 11.7. The summed E-state index contributed by atoms with van der Waals surface area (Å²) in [5.74, 6) is 2.99. The van der Waals surface area contributed by atoms with Gasteiger partial charge >= 0.3 is 0 Å². The molecule has 0 saturated carbocycles. The molecule has 0 radical (unpaired) electrons. The van der Waals surface area contributed by atoms with Gasteiger partial charge in [-0.2, -0.15) is 0 Å². The smallest absolute Gasteiger partial charge is 0.129 e. The number of rotatable bonds is 4. The minimum absolute atomic E-state index is 0.399. The Bertz CT molecular complexity index is 273. The first-order chi connectivity index (χ1) is 6.95. The van der Waals surface area contributed by atoms with Gasteiger partial charge in [-0.25, -0.2) is 0 Å². The van der Waals surface area contributed by atoms with Crippen LogP contribution in [0, 0.1) is 11.5 Å². The largest absolute Gasteiger partial charge is 0.389 e. The van der Waals surface area contributed by atoms with Gasteiger partial charge in [0.1, 0.15) is 8.07 Å². The quantitative estimate of drug-likeness (QED) is 0.440. The average molecular weight is 222 g/mol. The Morgan fingerprint density at radius 2 is 1.93 bits per heavy atom. The summed E-state index contributed by atoms with van der Waals surface area (Å²) >= 11 is 0. The predicted octanol–water partition coefficient (Wildman–Crippen LogP) is 3.14. The van der Waals surface area contributed by atoms with E-state index in [0.717, 1.165) is 6.42 Å². The molecular formula is C13H22OSi. The second-order valence-corrected chi connectivity index (χ2v) is 9.31. The van der Waals surface area contributed by atoms with E-state index in [2.05, 4.69) is 44.1 Å². The van der Waals surface area contributed by atoms with Crippen LogP contribution < -0.4 is 0 Å². The fourth-order valence-electron chi connectivity index (χ4n) is 0.898. The fourth-order valence-corrected chi connectivity index (χ4v) is 1.41. The topological polar surface area (TPSA) is 20.2 Å². The van der Waals surface area contributed by atoms with Crippen LogP contribution >= 0.6 is 0 Å². The van der Waals surface area contributed by atoms with Crippen molar-refractivity contribution in [2.24, 2.45) is 0 Å². The maximum atomic E-state index is 9.51. The van der Waals surface area contributed by atoms with E-state index < -0.39 is 14.2 Å². The summed E-state index contributed by atoms with van der Waals surface area (Å²) in [5, 5.41) is 9.51. The normalized spacial score (nSPS) is 14.2. The van der Waals surface area contributed by atoms with Gasteiger partial charge in [-0.15, -0.1) is 5.54 Å². The van der Waals surface area contributed by atoms with E-state index in [1.54, 1.807) is 12.2 Å². The number of allylic oxidation sites excluding steroid dienone is 2. The molecule has 0 aliphatic carbocycles. The third-order valence-corrected chi connectivity index (χ3v) is 2.52. The van der Waals surface area contributed by atoms with Crippen molar-refractivity contribution in [3.8, 4) is 11.5 Å². The first-order valence-corrected chi connectivity index (χ1v) is 8.98. The van der Waals surface area contributed by atoms with Gasteiger partial charge in [0.2, 0.25) is 0 Å². The summed E-state index contributed by atoms with van der Waals surface area (Å²) in [6.45, 7) is 8.69. The third kappa shape index (κ3) is 11.1. The van der Waals surface area contributed by atoms with Crippen LogP contribution in [0.4, 0.5) is 0 Å². The third-order valence-electron chi connectivity index (χ3n) is 1.63. The van der Waals surface area contributed by atoms with Crippen molar-refractivity contribution < 1.29 is 5.11 Å². The predicted molar refractivity (Wildman–Crippen MR) is 70.3 cm³/mol. The lowest BCUT2D eigenvalue weighted by Crippen LogP contribution is -2.16. The zero-order valence-electron chi connectivity index (χ0n) is 10.2. The van der Waals surface area contributed by atoms with Crippen molar-refractivity contribution in [1.82, 2.24) is 0 Å². The second-order valence-electron chi connectivity index (χ2n) is 4.56. The molecule has 0 bridgehead atoms. The Morgan fingerprint density at radius 1 is 1.27 bits per heavy atom. The van der Waals surface area contributed by atoms with Crippen molar-refractivity contribution >= 4 is 8.07 Å². The Labute approximate surface area is 94.9 Å². The number of aliphatic hydroxyl groups is 1. The van der Waals surface area contributed by atoms with E-state index in [1.807, 2.05) is 6.08 Å². The summed E-state index contributed by atoms with van der Waals surface area (Å²) in [7, 11) is -1.27. The minimum atomic E-state index is -1.27. The van der Waals surface area contributed by atoms with Gasteiger partial charge in [0, 0.05) is 0 Å². The molecule has 84 valence electrons. The van der Waals surface area contributed by atoms with Crippen LogP contribution in [0.3, 0.4) is 0 Å². The number of aliphatic hydroxyl groups excluding tert-OH is 1. The number of hydrogen-bond donors (Lipinski definition) is 1. The number of hydrogen-bond acceptors (Lipinski definition) is 1. The van der Waals surface area contributed by atoms with Gasteiger partial charge in [0.05, 0.1) is 6.10 Å². The highest BCUT2D eigenvalue weighted by molar-refractivity contribution is 6.83. The summed E-state index contributed by atoms with van der Waals surface area (Å²) in [4.78, 5) is 0. The van der Waals surface area contributed by atoms with Gasteiger partial charge in [-0.3, -0.25) is 0 Å². The first-order valence-electron chi connectivity index (χ1n) is 5.48. The molecule has 1 nitrogen and oxygen atoms in total. The van der Waals surface area contributed by atoms with Gasteiger partial charge in [-0.1, -0.05) is 44.6 Å². The van der Waals surface area contributed by atoms with Crippen molar-refractivity contribution in [2.75, 3.05) is 0 Å². The Kier molecular flexibility index (Phi) is 7.11. The molecule has 0 amide bonds. The Morgan fingerprint density at radius 3 is 2.47 bits per heavy atom. The van der Waals surface area contributed by atoms with Gasteiger partial charge in [-0.05, 0) is 25.0 Å². The minimum Gasteiger partial charge on any atom is -0.389 e. The van der Waals surface area contributed by atoms with E-state index in [0.29, 0.717) is 6.42 Å². The summed E-state index contributed by atoms with van der Waals surface area (Å²) in [6, 6.07) is 0. The van der Waals surface area contributed by atoms with Crippen molar-refractivity contribution in [1.29, 1.82) is 0 Å². The van der Waals surface area contributed by atoms with Crippen molar-refractivity contribution in [2.45, 2.75) is 45.5 Å². The highest BCUT2D eigenvalue weighted by Gasteiger charge is 2.06. The van der Waals surface area contributed by atoms with Crippen LogP contribution in [-0.4, -0.2) is 19.3 Å². The van der Waals surface area contributed by atoms with E-state index in [-0.39, 0.29) is 0 Å². The highest BCUT2D eigenvalue weighted by Crippen LogP contribution is 1.98. The molecule has 2 heteroatoms. The van der Waals surface area contributed by atoms with Gasteiger partial charge in [0.25, 0.3) is 0 Å². The molecular weight excluding hydrogens is 200 g/mol. The molecule has 0 unspecified atom stereocenters. The Balaban J connectivity index is 3.95. The molecule has 0 spiro atoms. The van der Waals surface area contributed by atoms with Crippen LogP contribution in [0.25, 0.3) is 0 Å². The molecule has 0 saturated heterocycles. The molecule has 0 aromatic heterocycles. The van der Waals surface area contributed by atoms with Crippen molar-refractivity contribution in [3.63, 3.8) is 0 Å². The van der Waals surface area contributed by atoms with E-state index >= 15 is 0 Å². The van der Waals surface area contributed by atoms with Crippen LogP contribution in [0.2, 0.25) is 19.6 Å². The first kappa shape index (κ1) is 14.2. The zero-order valence-corrected chi connectivity index (χ0v) is 11.2. The van der Waals surface area contributed by atoms with Crippen molar-refractivity contribution in [3.05, 3.63) is 24.3 Å². The molecule has 0 heterocycles. The van der Waals surface area contributed by atoms with E-state index in [1.165, 1.54) is 0 Å². The lowest BCUT2D eigenvalue weighted by Gasteiger charge is -2.02. The highest BCUT2D eigenvalue weighted by atomic mass is 28.3. The molecule has 1 atom stereocenters. The summed E-state index contributed by atoms with van der Waals surface area (Å²) in [6.07, 6.45) is 8.88. The molecule has 0 aliphatic heterocycles. The standard InChI is InChI=1S/C13H22OSi/c1-5-6-7-10-13(14)11-8-9-12-15(2,3)4/h6-8,11,13-14H,5,10H2,1-4H3/b7-6-,11-8+/t13-/m0/s1. The second kappa shape index (κ2) is 7.50. The van der Waals surface area contributed by atoms with Crippen LogP contribution in [0.1, 0.15) is 19.8 Å². The molecule has 0 aliphatic rings. The van der Waals surface area contributed by atoms with Crippen LogP contribution in [0.5, 0.6) is 0 Å². The van der Waals surface area contributed by atoms with Crippen LogP contribution in [-0.2, 0) is 0 Å². The molecule has 0 rings (SSSR count). The lowest BCUT2D eigenvalue weighted by atomic mass is 10.2. The Hall–Kier alpha value is -0.783. The monoisotopic (exact) mass is 222 g/mol. The molecule has 0 fully saturated rings. The molecule has 1 N–H and O–H groups in total.